The summed E-state index contributed by atoms with van der Waals surface area (Å²) in [5.41, 5.74) is 0.407. The largest absolute Gasteiger partial charge is 0.494 e. The van der Waals surface area contributed by atoms with Crippen molar-refractivity contribution >= 4 is 0 Å². The molecule has 0 saturated heterocycles. The van der Waals surface area contributed by atoms with Gasteiger partial charge in [0, 0.05) is 12.6 Å². The Hall–Kier alpha value is -1.13. The summed E-state index contributed by atoms with van der Waals surface area (Å²) in [6.07, 6.45) is 0. The van der Waals surface area contributed by atoms with Gasteiger partial charge >= 0.3 is 0 Å². The van der Waals surface area contributed by atoms with Crippen molar-refractivity contribution in [2.24, 2.45) is 0 Å². The summed E-state index contributed by atoms with van der Waals surface area (Å²) in [5.74, 6) is -0.231. The van der Waals surface area contributed by atoms with Gasteiger partial charge in [-0.05, 0) is 6.07 Å². The summed E-state index contributed by atoms with van der Waals surface area (Å²) in [7, 11) is 2.86. The molecular formula is C9H12FNO2. The van der Waals surface area contributed by atoms with Gasteiger partial charge < -0.3 is 9.94 Å². The maximum atomic E-state index is 13.4. The number of hydrogen-bond donors (Lipinski definition) is 1. The first-order valence-electron chi connectivity index (χ1n) is 3.86. The molecule has 0 aliphatic heterocycles. The van der Waals surface area contributed by atoms with Crippen LogP contribution in [0.2, 0.25) is 0 Å². The van der Waals surface area contributed by atoms with E-state index in [1.807, 2.05) is 0 Å². The molecule has 0 aliphatic rings. The van der Waals surface area contributed by atoms with E-state index < -0.39 is 5.82 Å². The van der Waals surface area contributed by atoms with Crippen molar-refractivity contribution in [3.05, 3.63) is 29.6 Å². The fraction of sp³-hybridized carbons (Fsp3) is 0.333. The number of ether oxygens (including phenoxy) is 1. The Morgan fingerprint density at radius 1 is 1.54 bits per heavy atom. The van der Waals surface area contributed by atoms with Crippen molar-refractivity contribution in [3.63, 3.8) is 0 Å². The molecule has 0 bridgehead atoms. The molecule has 4 heteroatoms. The first-order chi connectivity index (χ1) is 6.15. The lowest BCUT2D eigenvalue weighted by Crippen LogP contribution is -2.13. The Morgan fingerprint density at radius 2 is 2.23 bits per heavy atom. The van der Waals surface area contributed by atoms with Crippen LogP contribution in [0, 0.1) is 5.82 Å². The van der Waals surface area contributed by atoms with Crippen LogP contribution in [-0.4, -0.2) is 24.4 Å². The molecule has 0 heterocycles. The van der Waals surface area contributed by atoms with E-state index in [-0.39, 0.29) is 12.3 Å². The summed E-state index contributed by atoms with van der Waals surface area (Å²) in [6, 6.07) is 4.82. The molecule has 0 fully saturated rings. The number of benzene rings is 1. The van der Waals surface area contributed by atoms with Crippen LogP contribution in [0.5, 0.6) is 5.75 Å². The molecule has 72 valence electrons. The quantitative estimate of drug-likeness (QED) is 0.727. The van der Waals surface area contributed by atoms with Crippen LogP contribution in [0.25, 0.3) is 0 Å². The van der Waals surface area contributed by atoms with Gasteiger partial charge in [-0.25, -0.2) is 4.39 Å². The highest BCUT2D eigenvalue weighted by Crippen LogP contribution is 2.20. The fourth-order valence-electron chi connectivity index (χ4n) is 1.08. The van der Waals surface area contributed by atoms with Gasteiger partial charge in [-0.15, -0.1) is 0 Å². The van der Waals surface area contributed by atoms with E-state index in [1.54, 1.807) is 12.1 Å². The average molecular weight is 185 g/mol. The van der Waals surface area contributed by atoms with Crippen molar-refractivity contribution in [2.75, 3.05) is 14.2 Å². The van der Waals surface area contributed by atoms with E-state index in [1.165, 1.54) is 20.2 Å². The van der Waals surface area contributed by atoms with Gasteiger partial charge in [-0.2, -0.15) is 5.06 Å². The van der Waals surface area contributed by atoms with Gasteiger partial charge in [0.05, 0.1) is 13.7 Å². The highest BCUT2D eigenvalue weighted by Gasteiger charge is 2.08. The third kappa shape index (κ3) is 2.40. The normalized spacial score (nSPS) is 10.5. The van der Waals surface area contributed by atoms with E-state index in [0.29, 0.717) is 5.56 Å². The summed E-state index contributed by atoms with van der Waals surface area (Å²) in [4.78, 5) is 0. The van der Waals surface area contributed by atoms with Crippen molar-refractivity contribution < 1.29 is 14.3 Å². The molecule has 1 N–H and O–H groups in total. The first kappa shape index (κ1) is 9.95. The number of hydroxylamine groups is 2. The first-order valence-corrected chi connectivity index (χ1v) is 3.86. The molecule has 13 heavy (non-hydrogen) atoms. The summed E-state index contributed by atoms with van der Waals surface area (Å²) < 4.78 is 18.2. The molecule has 0 spiro atoms. The molecular weight excluding hydrogens is 173 g/mol. The Balaban J connectivity index is 2.94. The van der Waals surface area contributed by atoms with Gasteiger partial charge in [0.15, 0.2) is 11.6 Å². The van der Waals surface area contributed by atoms with Gasteiger partial charge in [-0.3, -0.25) is 0 Å². The third-order valence-corrected chi connectivity index (χ3v) is 1.66. The predicted octanol–water partition coefficient (Wildman–Crippen LogP) is 1.66. The molecule has 1 rings (SSSR count). The molecule has 0 aromatic heterocycles. The lowest BCUT2D eigenvalue weighted by Gasteiger charge is -2.10. The maximum Gasteiger partial charge on any atom is 0.169 e. The summed E-state index contributed by atoms with van der Waals surface area (Å²) in [6.45, 7) is 0.142. The van der Waals surface area contributed by atoms with Crippen LogP contribution in [-0.2, 0) is 6.54 Å². The van der Waals surface area contributed by atoms with E-state index in [0.717, 1.165) is 5.06 Å². The second-order valence-electron chi connectivity index (χ2n) is 2.75. The molecule has 3 nitrogen and oxygen atoms in total. The molecule has 0 saturated carbocycles. The lowest BCUT2D eigenvalue weighted by molar-refractivity contribution is -0.0738. The number of hydrogen-bond acceptors (Lipinski definition) is 3. The Bertz CT molecular complexity index is 289. The monoisotopic (exact) mass is 185 g/mol. The predicted molar refractivity (Wildman–Crippen MR) is 46.2 cm³/mol. The van der Waals surface area contributed by atoms with Crippen LogP contribution < -0.4 is 4.74 Å². The van der Waals surface area contributed by atoms with Crippen LogP contribution in [0.1, 0.15) is 5.56 Å². The van der Waals surface area contributed by atoms with Gasteiger partial charge in [0.25, 0.3) is 0 Å². The molecule has 0 aliphatic carbocycles. The zero-order valence-electron chi connectivity index (χ0n) is 7.62. The number of methoxy groups -OCH3 is 1. The third-order valence-electron chi connectivity index (χ3n) is 1.66. The van der Waals surface area contributed by atoms with E-state index in [2.05, 4.69) is 0 Å². The molecule has 0 atom stereocenters. The minimum Gasteiger partial charge on any atom is -0.494 e. The van der Waals surface area contributed by atoms with Crippen LogP contribution in [0.4, 0.5) is 4.39 Å². The molecule has 0 unspecified atom stereocenters. The van der Waals surface area contributed by atoms with Gasteiger partial charge in [-0.1, -0.05) is 12.1 Å². The standard InChI is InChI=1S/C9H12FNO2/c1-11(12)6-7-4-3-5-8(13-2)9(7)10/h3-5,12H,6H2,1-2H3. The Labute approximate surface area is 76.3 Å². The average Bonchev–Trinajstić information content (AvgIpc) is 2.08. The Kier molecular flexibility index (Phi) is 3.22. The highest BCUT2D eigenvalue weighted by atomic mass is 19.1. The highest BCUT2D eigenvalue weighted by molar-refractivity contribution is 5.30. The SMILES string of the molecule is COc1cccc(CN(C)O)c1F. The fourth-order valence-corrected chi connectivity index (χ4v) is 1.08. The van der Waals surface area contributed by atoms with Crippen molar-refractivity contribution in [1.82, 2.24) is 5.06 Å². The maximum absolute atomic E-state index is 13.4. The molecule has 1 aromatic carbocycles. The summed E-state index contributed by atoms with van der Waals surface area (Å²) >= 11 is 0. The minimum atomic E-state index is -0.425. The molecule has 0 radical (unpaired) electrons. The van der Waals surface area contributed by atoms with Crippen molar-refractivity contribution in [1.29, 1.82) is 0 Å². The van der Waals surface area contributed by atoms with Gasteiger partial charge in [0.1, 0.15) is 0 Å². The van der Waals surface area contributed by atoms with E-state index in [9.17, 15) is 4.39 Å². The number of halogens is 1. The zero-order chi connectivity index (χ0) is 9.84. The van der Waals surface area contributed by atoms with Crippen molar-refractivity contribution in [3.8, 4) is 5.75 Å². The molecule has 0 amide bonds. The van der Waals surface area contributed by atoms with E-state index >= 15 is 0 Å². The second-order valence-corrected chi connectivity index (χ2v) is 2.75. The van der Waals surface area contributed by atoms with Gasteiger partial charge in [0.2, 0.25) is 0 Å². The van der Waals surface area contributed by atoms with Crippen LogP contribution >= 0.6 is 0 Å². The number of rotatable bonds is 3. The van der Waals surface area contributed by atoms with Crippen LogP contribution in [0.3, 0.4) is 0 Å². The molecule has 1 aromatic rings. The topological polar surface area (TPSA) is 32.7 Å². The minimum absolute atomic E-state index is 0.142. The van der Waals surface area contributed by atoms with E-state index in [4.69, 9.17) is 9.94 Å². The summed E-state index contributed by atoms with van der Waals surface area (Å²) in [5, 5.41) is 9.83. The number of nitrogens with zero attached hydrogens (tertiary/aromatic N) is 1. The van der Waals surface area contributed by atoms with Crippen molar-refractivity contribution in [2.45, 2.75) is 6.54 Å². The van der Waals surface area contributed by atoms with Crippen LogP contribution in [0.15, 0.2) is 18.2 Å². The second kappa shape index (κ2) is 4.20. The zero-order valence-corrected chi connectivity index (χ0v) is 7.62. The smallest absolute Gasteiger partial charge is 0.169 e. The lowest BCUT2D eigenvalue weighted by atomic mass is 10.2. The Morgan fingerprint density at radius 3 is 2.77 bits per heavy atom.